The third-order valence-corrected chi connectivity index (χ3v) is 9.28. The molecule has 1 unspecified atom stereocenters. The van der Waals surface area contributed by atoms with Crippen LogP contribution in [0.4, 0.5) is 5.00 Å². The minimum atomic E-state index is -3.70. The van der Waals surface area contributed by atoms with Gasteiger partial charge in [0.2, 0.25) is 21.8 Å². The third-order valence-electron chi connectivity index (χ3n) is 6.26. The lowest BCUT2D eigenvalue weighted by atomic mass is 9.98. The highest BCUT2D eigenvalue weighted by atomic mass is 32.2. The van der Waals surface area contributed by atoms with Gasteiger partial charge in [-0.15, -0.1) is 11.3 Å². The number of thiophene rings is 1. The zero-order chi connectivity index (χ0) is 24.5. The van der Waals surface area contributed by atoms with Crippen LogP contribution in [0.1, 0.15) is 40.6 Å². The summed E-state index contributed by atoms with van der Waals surface area (Å²) < 4.78 is 32.3. The molecule has 2 aliphatic rings. The second-order valence-electron chi connectivity index (χ2n) is 8.39. The van der Waals surface area contributed by atoms with E-state index in [-0.39, 0.29) is 23.3 Å². The number of nitrogens with one attached hydrogen (secondary N) is 1. The number of piperidine rings is 1. The van der Waals surface area contributed by atoms with Gasteiger partial charge in [-0.05, 0) is 37.0 Å². The summed E-state index contributed by atoms with van der Waals surface area (Å²) in [5.74, 6) is -1.47. The van der Waals surface area contributed by atoms with Crippen molar-refractivity contribution in [1.82, 2.24) is 9.21 Å². The molecule has 1 fully saturated rings. The maximum Gasteiger partial charge on any atom is 0.341 e. The Labute approximate surface area is 202 Å². The maximum absolute atomic E-state index is 13.2. The molecule has 2 amide bonds. The molecule has 1 aromatic carbocycles. The van der Waals surface area contributed by atoms with Crippen LogP contribution in [-0.2, 0) is 37.3 Å². The zero-order valence-electron chi connectivity index (χ0n) is 19.1. The lowest BCUT2D eigenvalue weighted by Crippen LogP contribution is -2.43. The predicted molar refractivity (Wildman–Crippen MR) is 127 cm³/mol. The Kier molecular flexibility index (Phi) is 7.06. The van der Waals surface area contributed by atoms with Crippen LogP contribution in [0, 0.1) is 5.92 Å². The normalized spacial score (nSPS) is 18.8. The fourth-order valence-corrected chi connectivity index (χ4v) is 7.21. The molecule has 1 N–H and O–H groups in total. The zero-order valence-corrected chi connectivity index (χ0v) is 20.7. The average molecular weight is 506 g/mol. The van der Waals surface area contributed by atoms with Gasteiger partial charge in [0, 0.05) is 31.4 Å². The Morgan fingerprint density at radius 2 is 1.88 bits per heavy atom. The monoisotopic (exact) mass is 505 g/mol. The van der Waals surface area contributed by atoms with E-state index in [1.807, 2.05) is 0 Å². The van der Waals surface area contributed by atoms with Crippen molar-refractivity contribution in [2.45, 2.75) is 37.6 Å². The molecule has 1 aromatic heterocycles. The number of carbonyl (C=O) groups excluding carboxylic acids is 3. The smallest absolute Gasteiger partial charge is 0.341 e. The second kappa shape index (κ2) is 9.85. The molecule has 3 heterocycles. The first-order valence-electron chi connectivity index (χ1n) is 11.1. The van der Waals surface area contributed by atoms with Crippen molar-refractivity contribution in [2.75, 3.05) is 32.1 Å². The number of sulfonamides is 1. The minimum absolute atomic E-state index is 0.0498. The van der Waals surface area contributed by atoms with Gasteiger partial charge in [0.25, 0.3) is 0 Å². The Morgan fingerprint density at radius 3 is 2.56 bits per heavy atom. The van der Waals surface area contributed by atoms with Gasteiger partial charge in [-0.3, -0.25) is 9.59 Å². The topological polar surface area (TPSA) is 113 Å². The molecule has 11 heteroatoms. The Morgan fingerprint density at radius 1 is 1.15 bits per heavy atom. The van der Waals surface area contributed by atoms with E-state index in [0.717, 1.165) is 10.4 Å². The molecule has 0 radical (unpaired) electrons. The van der Waals surface area contributed by atoms with Crippen molar-refractivity contribution >= 4 is 44.1 Å². The molecule has 0 bridgehead atoms. The number of nitrogens with zero attached hydrogens (tertiary/aromatic N) is 2. The highest BCUT2D eigenvalue weighted by molar-refractivity contribution is 7.89. The molecule has 182 valence electrons. The van der Waals surface area contributed by atoms with Crippen molar-refractivity contribution in [3.05, 3.63) is 46.3 Å². The minimum Gasteiger partial charge on any atom is -0.465 e. The number of hydrogen-bond donors (Lipinski definition) is 1. The molecule has 34 heavy (non-hydrogen) atoms. The van der Waals surface area contributed by atoms with E-state index in [2.05, 4.69) is 5.32 Å². The predicted octanol–water partition coefficient (Wildman–Crippen LogP) is 2.48. The number of carbonyl (C=O) groups is 3. The number of amides is 2. The highest BCUT2D eigenvalue weighted by Crippen LogP contribution is 2.38. The van der Waals surface area contributed by atoms with Crippen molar-refractivity contribution in [3.8, 4) is 0 Å². The fraction of sp³-hybridized carbons (Fsp3) is 0.435. The summed E-state index contributed by atoms with van der Waals surface area (Å²) >= 11 is 1.26. The first kappa shape index (κ1) is 24.4. The molecule has 4 rings (SSSR count). The van der Waals surface area contributed by atoms with Gasteiger partial charge < -0.3 is 15.0 Å². The quantitative estimate of drug-likeness (QED) is 0.625. The summed E-state index contributed by atoms with van der Waals surface area (Å²) in [6, 6.07) is 8.17. The second-order valence-corrected chi connectivity index (χ2v) is 11.4. The van der Waals surface area contributed by atoms with Crippen molar-refractivity contribution < 1.29 is 27.5 Å². The maximum atomic E-state index is 13.2. The summed E-state index contributed by atoms with van der Waals surface area (Å²) in [5, 5.41) is 3.25. The van der Waals surface area contributed by atoms with Crippen LogP contribution in [0.15, 0.2) is 35.2 Å². The van der Waals surface area contributed by atoms with Crippen molar-refractivity contribution in [2.24, 2.45) is 5.92 Å². The molecular weight excluding hydrogens is 478 g/mol. The van der Waals surface area contributed by atoms with E-state index in [9.17, 15) is 22.8 Å². The summed E-state index contributed by atoms with van der Waals surface area (Å²) in [6.07, 6.45) is 1.60. The lowest BCUT2D eigenvalue weighted by Gasteiger charge is -2.31. The number of benzene rings is 1. The third kappa shape index (κ3) is 4.73. The number of methoxy groups -OCH3 is 1. The number of hydrogen-bond acceptors (Lipinski definition) is 7. The van der Waals surface area contributed by atoms with Gasteiger partial charge in [-0.2, -0.15) is 4.31 Å². The van der Waals surface area contributed by atoms with Gasteiger partial charge in [0.05, 0.1) is 30.0 Å². The standard InChI is InChI=1S/C23H27N3O6S2/c1-15(27)25-12-10-18-19(14-25)33-22(20(18)23(29)32-2)24-21(28)16-7-6-11-26(13-16)34(30,31)17-8-4-3-5-9-17/h3-5,8-9,16H,6-7,10-14H2,1-2H3,(H,24,28). The molecule has 1 atom stereocenters. The van der Waals surface area contributed by atoms with Crippen molar-refractivity contribution in [3.63, 3.8) is 0 Å². The van der Waals surface area contributed by atoms with E-state index in [4.69, 9.17) is 4.74 Å². The van der Waals surface area contributed by atoms with E-state index >= 15 is 0 Å². The number of rotatable bonds is 5. The van der Waals surface area contributed by atoms with Crippen LogP contribution >= 0.6 is 11.3 Å². The summed E-state index contributed by atoms with van der Waals surface area (Å²) in [4.78, 5) is 40.3. The molecular formula is C23H27N3O6S2. The average Bonchev–Trinajstić information content (AvgIpc) is 3.21. The summed E-state index contributed by atoms with van der Waals surface area (Å²) in [6.45, 7) is 2.79. The van der Waals surface area contributed by atoms with Crippen LogP contribution in [0.5, 0.6) is 0 Å². The largest absolute Gasteiger partial charge is 0.465 e. The first-order valence-corrected chi connectivity index (χ1v) is 13.3. The number of fused-ring (bicyclic) bond motifs is 1. The molecule has 2 aromatic rings. The van der Waals surface area contributed by atoms with Crippen LogP contribution < -0.4 is 5.32 Å². The van der Waals surface area contributed by atoms with E-state index < -0.39 is 21.9 Å². The highest BCUT2D eigenvalue weighted by Gasteiger charge is 2.35. The van der Waals surface area contributed by atoms with Crippen molar-refractivity contribution in [1.29, 1.82) is 0 Å². The molecule has 0 spiro atoms. The molecule has 9 nitrogen and oxygen atoms in total. The summed E-state index contributed by atoms with van der Waals surface area (Å²) in [7, 11) is -2.41. The van der Waals surface area contributed by atoms with Crippen LogP contribution in [0.25, 0.3) is 0 Å². The Hall–Kier alpha value is -2.76. The van der Waals surface area contributed by atoms with Gasteiger partial charge in [-0.25, -0.2) is 13.2 Å². The molecule has 2 aliphatic heterocycles. The Balaban J connectivity index is 1.54. The molecule has 1 saturated heterocycles. The van der Waals surface area contributed by atoms with Gasteiger partial charge in [0.1, 0.15) is 5.00 Å². The Bertz CT molecular complexity index is 1210. The fourth-order valence-electron chi connectivity index (χ4n) is 4.41. The van der Waals surface area contributed by atoms with Gasteiger partial charge >= 0.3 is 5.97 Å². The number of esters is 1. The van der Waals surface area contributed by atoms with Crippen LogP contribution in [0.3, 0.4) is 0 Å². The van der Waals surface area contributed by atoms with E-state index in [1.165, 1.54) is 29.7 Å². The van der Waals surface area contributed by atoms with E-state index in [0.29, 0.717) is 49.5 Å². The molecule has 0 aliphatic carbocycles. The van der Waals surface area contributed by atoms with Crippen LogP contribution in [0.2, 0.25) is 0 Å². The lowest BCUT2D eigenvalue weighted by molar-refractivity contribution is -0.129. The number of ether oxygens (including phenoxy) is 1. The first-order chi connectivity index (χ1) is 16.2. The summed E-state index contributed by atoms with van der Waals surface area (Å²) in [5.41, 5.74) is 1.12. The SMILES string of the molecule is COC(=O)c1c(NC(=O)C2CCCN(S(=O)(=O)c3ccccc3)C2)sc2c1CCN(C(C)=O)C2. The van der Waals surface area contributed by atoms with Gasteiger partial charge in [0.15, 0.2) is 0 Å². The number of anilines is 1. The van der Waals surface area contributed by atoms with E-state index in [1.54, 1.807) is 35.2 Å². The van der Waals surface area contributed by atoms with Gasteiger partial charge in [-0.1, -0.05) is 18.2 Å². The molecule has 0 saturated carbocycles. The van der Waals surface area contributed by atoms with Crippen LogP contribution in [-0.4, -0.2) is 62.2 Å².